The summed E-state index contributed by atoms with van der Waals surface area (Å²) in [6.07, 6.45) is 6.38. The van der Waals surface area contributed by atoms with E-state index in [1.165, 1.54) is 17.7 Å². The van der Waals surface area contributed by atoms with Gasteiger partial charge in [-0.15, -0.1) is 0 Å². The summed E-state index contributed by atoms with van der Waals surface area (Å²) in [6.45, 7) is 3.51. The molecule has 5 nitrogen and oxygen atoms in total. The molecule has 1 aromatic heterocycles. The number of H-pyrrole nitrogens is 1. The predicted octanol–water partition coefficient (Wildman–Crippen LogP) is 4.51. The van der Waals surface area contributed by atoms with E-state index in [0.29, 0.717) is 12.5 Å². The van der Waals surface area contributed by atoms with Crippen molar-refractivity contribution < 1.29 is 13.6 Å². The van der Waals surface area contributed by atoms with Gasteiger partial charge in [0.15, 0.2) is 0 Å². The number of halogens is 2. The van der Waals surface area contributed by atoms with Crippen LogP contribution >= 0.6 is 0 Å². The number of nitrogens with zero attached hydrogens (tertiary/aromatic N) is 2. The Morgan fingerprint density at radius 3 is 2.66 bits per heavy atom. The minimum Gasteiger partial charge on any atom is -0.350 e. The summed E-state index contributed by atoms with van der Waals surface area (Å²) < 4.78 is 27.0. The van der Waals surface area contributed by atoms with Gasteiger partial charge in [-0.2, -0.15) is 5.10 Å². The first kappa shape index (κ1) is 21.9. The standard InChI is InChI=1S/C25H26F2N4O/c26-20-8-9-21(22(27)15-20)23-16-24(30-29-23)25(32)28-17-19-10-13-31(14-11-19)12-4-7-18-5-2-1-3-6-18/h1-9,15-16,19H,10-14,17H2,(H,28,32)(H,29,30)/b7-4+. The van der Waals surface area contributed by atoms with Crippen molar-refractivity contribution in [1.82, 2.24) is 20.4 Å². The first-order valence-corrected chi connectivity index (χ1v) is 10.8. The number of aromatic nitrogens is 2. The maximum Gasteiger partial charge on any atom is 0.269 e. The molecule has 2 N–H and O–H groups in total. The van der Waals surface area contributed by atoms with Crippen LogP contribution in [0.3, 0.4) is 0 Å². The third kappa shape index (κ3) is 5.68. The maximum absolute atomic E-state index is 13.9. The number of piperidine rings is 1. The number of carbonyl (C=O) groups is 1. The monoisotopic (exact) mass is 436 g/mol. The van der Waals surface area contributed by atoms with E-state index in [1.807, 2.05) is 18.2 Å². The van der Waals surface area contributed by atoms with E-state index < -0.39 is 11.6 Å². The average molecular weight is 437 g/mol. The first-order chi connectivity index (χ1) is 15.6. The normalized spacial score (nSPS) is 15.3. The largest absolute Gasteiger partial charge is 0.350 e. The third-order valence-corrected chi connectivity index (χ3v) is 5.76. The molecule has 32 heavy (non-hydrogen) atoms. The summed E-state index contributed by atoms with van der Waals surface area (Å²) in [5.41, 5.74) is 1.88. The molecule has 0 radical (unpaired) electrons. The van der Waals surface area contributed by atoms with E-state index >= 15 is 0 Å². The Kier molecular flexibility index (Phi) is 7.07. The van der Waals surface area contributed by atoms with Crippen molar-refractivity contribution in [2.24, 2.45) is 5.92 Å². The summed E-state index contributed by atoms with van der Waals surface area (Å²) in [4.78, 5) is 14.9. The number of amides is 1. The molecular formula is C25H26F2N4O. The van der Waals surface area contributed by atoms with Gasteiger partial charge in [0.2, 0.25) is 0 Å². The lowest BCUT2D eigenvalue weighted by molar-refractivity contribution is 0.0932. The number of carbonyl (C=O) groups excluding carboxylic acids is 1. The van der Waals surface area contributed by atoms with Gasteiger partial charge in [0.05, 0.1) is 5.69 Å². The van der Waals surface area contributed by atoms with Crippen molar-refractivity contribution in [2.75, 3.05) is 26.2 Å². The van der Waals surface area contributed by atoms with Crippen molar-refractivity contribution in [2.45, 2.75) is 12.8 Å². The summed E-state index contributed by atoms with van der Waals surface area (Å²) in [5.74, 6) is -1.23. The van der Waals surface area contributed by atoms with Crippen LogP contribution in [0.2, 0.25) is 0 Å². The number of hydrogen-bond acceptors (Lipinski definition) is 3. The fraction of sp³-hybridized carbons (Fsp3) is 0.280. The van der Waals surface area contributed by atoms with Crippen molar-refractivity contribution in [3.8, 4) is 11.3 Å². The van der Waals surface area contributed by atoms with E-state index in [-0.39, 0.29) is 22.9 Å². The van der Waals surface area contributed by atoms with Crippen LogP contribution in [-0.2, 0) is 0 Å². The van der Waals surface area contributed by atoms with Gasteiger partial charge in [0.1, 0.15) is 17.3 Å². The highest BCUT2D eigenvalue weighted by Gasteiger charge is 2.20. The number of aromatic amines is 1. The van der Waals surface area contributed by atoms with E-state index in [9.17, 15) is 13.6 Å². The lowest BCUT2D eigenvalue weighted by Gasteiger charge is -2.31. The second kappa shape index (κ2) is 10.3. The molecule has 3 aromatic rings. The van der Waals surface area contributed by atoms with Gasteiger partial charge in [-0.05, 0) is 55.6 Å². The van der Waals surface area contributed by atoms with Crippen LogP contribution in [0.25, 0.3) is 17.3 Å². The molecule has 1 fully saturated rings. The maximum atomic E-state index is 13.9. The minimum absolute atomic E-state index is 0.149. The molecule has 1 saturated heterocycles. The van der Waals surface area contributed by atoms with Crippen molar-refractivity contribution in [1.29, 1.82) is 0 Å². The van der Waals surface area contributed by atoms with Crippen molar-refractivity contribution in [3.05, 3.63) is 83.6 Å². The van der Waals surface area contributed by atoms with Crippen LogP contribution < -0.4 is 5.32 Å². The molecule has 0 bridgehead atoms. The summed E-state index contributed by atoms with van der Waals surface area (Å²) in [5, 5.41) is 9.57. The van der Waals surface area contributed by atoms with Crippen molar-refractivity contribution in [3.63, 3.8) is 0 Å². The van der Waals surface area contributed by atoms with E-state index in [0.717, 1.165) is 44.6 Å². The van der Waals surface area contributed by atoms with Gasteiger partial charge in [-0.3, -0.25) is 14.8 Å². The molecule has 166 valence electrons. The zero-order chi connectivity index (χ0) is 22.3. The van der Waals surface area contributed by atoms with E-state index in [2.05, 4.69) is 44.7 Å². The second-order valence-electron chi connectivity index (χ2n) is 8.06. The predicted molar refractivity (Wildman–Crippen MR) is 121 cm³/mol. The SMILES string of the molecule is O=C(NCC1CCN(C/C=C/c2ccccc2)CC1)c1cc(-c2ccc(F)cc2F)n[nH]1. The Morgan fingerprint density at radius 1 is 1.12 bits per heavy atom. The lowest BCUT2D eigenvalue weighted by atomic mass is 9.96. The lowest BCUT2D eigenvalue weighted by Crippen LogP contribution is -2.38. The Labute approximate surface area is 186 Å². The fourth-order valence-corrected chi connectivity index (χ4v) is 3.88. The Balaban J connectivity index is 1.22. The molecule has 1 aliphatic rings. The van der Waals surface area contributed by atoms with E-state index in [4.69, 9.17) is 0 Å². The molecule has 0 aliphatic carbocycles. The van der Waals surface area contributed by atoms with Gasteiger partial charge >= 0.3 is 0 Å². The van der Waals surface area contributed by atoms with Crippen LogP contribution in [0.5, 0.6) is 0 Å². The van der Waals surface area contributed by atoms with Crippen LogP contribution in [0, 0.1) is 17.6 Å². The highest BCUT2D eigenvalue weighted by molar-refractivity contribution is 5.93. The molecule has 0 atom stereocenters. The van der Waals surface area contributed by atoms with Crippen LogP contribution in [-0.4, -0.2) is 47.2 Å². The molecule has 2 heterocycles. The number of benzene rings is 2. The Morgan fingerprint density at radius 2 is 1.91 bits per heavy atom. The quantitative estimate of drug-likeness (QED) is 0.573. The first-order valence-electron chi connectivity index (χ1n) is 10.8. The summed E-state index contributed by atoms with van der Waals surface area (Å²) >= 11 is 0. The fourth-order valence-electron chi connectivity index (χ4n) is 3.88. The minimum atomic E-state index is -0.714. The zero-order valence-electron chi connectivity index (χ0n) is 17.7. The Bertz CT molecular complexity index is 1070. The molecule has 2 aromatic carbocycles. The molecule has 0 spiro atoms. The second-order valence-corrected chi connectivity index (χ2v) is 8.06. The van der Waals surface area contributed by atoms with Crippen LogP contribution in [0.15, 0.2) is 60.7 Å². The molecule has 1 aliphatic heterocycles. The molecular weight excluding hydrogens is 410 g/mol. The van der Waals surface area contributed by atoms with Crippen molar-refractivity contribution >= 4 is 12.0 Å². The van der Waals surface area contributed by atoms with Crippen LogP contribution in [0.4, 0.5) is 8.78 Å². The highest BCUT2D eigenvalue weighted by atomic mass is 19.1. The smallest absolute Gasteiger partial charge is 0.269 e. The Hall–Kier alpha value is -3.32. The summed E-state index contributed by atoms with van der Waals surface area (Å²) in [6, 6.07) is 15.0. The molecule has 0 unspecified atom stereocenters. The number of nitrogens with one attached hydrogen (secondary N) is 2. The molecule has 4 rings (SSSR count). The third-order valence-electron chi connectivity index (χ3n) is 5.76. The van der Waals surface area contributed by atoms with Gasteiger partial charge < -0.3 is 5.32 Å². The van der Waals surface area contributed by atoms with Gasteiger partial charge in [0.25, 0.3) is 5.91 Å². The summed E-state index contributed by atoms with van der Waals surface area (Å²) in [7, 11) is 0. The molecule has 7 heteroatoms. The number of likely N-dealkylation sites (tertiary alicyclic amines) is 1. The van der Waals surface area contributed by atoms with Gasteiger partial charge in [0, 0.05) is 24.7 Å². The topological polar surface area (TPSA) is 61.0 Å². The average Bonchev–Trinajstić information content (AvgIpc) is 3.29. The number of hydrogen-bond donors (Lipinski definition) is 2. The molecule has 1 amide bonds. The highest BCUT2D eigenvalue weighted by Crippen LogP contribution is 2.22. The number of rotatable bonds is 7. The van der Waals surface area contributed by atoms with E-state index in [1.54, 1.807) is 0 Å². The zero-order valence-corrected chi connectivity index (χ0v) is 17.7. The van der Waals surface area contributed by atoms with Gasteiger partial charge in [-0.25, -0.2) is 8.78 Å². The van der Waals surface area contributed by atoms with Crippen LogP contribution in [0.1, 0.15) is 28.9 Å². The molecule has 0 saturated carbocycles. The van der Waals surface area contributed by atoms with Gasteiger partial charge in [-0.1, -0.05) is 42.5 Å².